The molecule has 3 aromatic carbocycles. The number of hydrogen-bond acceptors (Lipinski definition) is 8. The molecule has 3 heterocycles. The fourth-order valence-electron chi connectivity index (χ4n) is 6.22. The quantitative estimate of drug-likeness (QED) is 0.134. The monoisotopic (exact) mass is 678 g/mol. The third-order valence-electron chi connectivity index (χ3n) is 8.90. The molecule has 46 heavy (non-hydrogen) atoms. The summed E-state index contributed by atoms with van der Waals surface area (Å²) >= 11 is 14.5. The maximum absolute atomic E-state index is 6.52. The number of nitrogens with one attached hydrogen (secondary N) is 1. The average Bonchev–Trinajstić information content (AvgIpc) is 3.53. The van der Waals surface area contributed by atoms with Crippen molar-refractivity contribution in [2.45, 2.75) is 38.4 Å². The Hall–Kier alpha value is -3.37. The number of benzene rings is 3. The van der Waals surface area contributed by atoms with Crippen molar-refractivity contribution in [1.29, 1.82) is 0 Å². The number of H-pyrrole nitrogens is 1. The van der Waals surface area contributed by atoms with Gasteiger partial charge in [-0.3, -0.25) is 4.90 Å². The van der Waals surface area contributed by atoms with Crippen molar-refractivity contribution in [3.05, 3.63) is 92.1 Å². The second-order valence-corrected chi connectivity index (χ2v) is 13.7. The van der Waals surface area contributed by atoms with Crippen LogP contribution in [0.1, 0.15) is 47.2 Å². The van der Waals surface area contributed by atoms with E-state index in [1.165, 1.54) is 16.8 Å². The van der Waals surface area contributed by atoms with Crippen LogP contribution >= 0.6 is 35.0 Å². The lowest BCUT2D eigenvalue weighted by atomic mass is 9.89. The molecule has 0 amide bonds. The molecule has 0 radical (unpaired) electrons. The molecule has 0 spiro atoms. The molecule has 1 saturated heterocycles. The first kappa shape index (κ1) is 32.6. The van der Waals surface area contributed by atoms with Crippen molar-refractivity contribution in [2.75, 3.05) is 62.5 Å². The fraction of sp³-hybridized carbons (Fsp3) is 0.371. The van der Waals surface area contributed by atoms with Gasteiger partial charge in [-0.15, -0.1) is 5.10 Å². The van der Waals surface area contributed by atoms with E-state index in [9.17, 15) is 0 Å². The lowest BCUT2D eigenvalue weighted by Crippen LogP contribution is -2.46. The maximum Gasteiger partial charge on any atom is 0.227 e. The Morgan fingerprint density at radius 1 is 0.891 bits per heavy atom. The van der Waals surface area contributed by atoms with Crippen LogP contribution in [-0.2, 0) is 0 Å². The van der Waals surface area contributed by atoms with Gasteiger partial charge in [-0.05, 0) is 104 Å². The van der Waals surface area contributed by atoms with Crippen LogP contribution < -0.4 is 19.3 Å². The van der Waals surface area contributed by atoms with Gasteiger partial charge in [0.2, 0.25) is 11.1 Å². The van der Waals surface area contributed by atoms with Crippen LogP contribution in [0.4, 0.5) is 11.6 Å². The van der Waals surface area contributed by atoms with Crippen LogP contribution in [0.25, 0.3) is 6.08 Å². The average molecular weight is 680 g/mol. The SMILES string of the molecule is COc1cc2c(cc1OC)C(c1ccc(Cl)c(Cl)c1)N(c1nc(SCCCN3CCN(c4ccc(C)c(C)c4)CC3)n[nH]1)C(C)=C2. The molecule has 1 unspecified atom stereocenters. The van der Waals surface area contributed by atoms with E-state index in [4.69, 9.17) is 37.7 Å². The van der Waals surface area contributed by atoms with Gasteiger partial charge in [0.15, 0.2) is 11.5 Å². The predicted octanol–water partition coefficient (Wildman–Crippen LogP) is 8.02. The summed E-state index contributed by atoms with van der Waals surface area (Å²) in [5, 5.41) is 9.53. The van der Waals surface area contributed by atoms with Gasteiger partial charge in [-0.25, -0.2) is 5.10 Å². The van der Waals surface area contributed by atoms with E-state index in [0.29, 0.717) is 27.5 Å². The number of aromatic amines is 1. The summed E-state index contributed by atoms with van der Waals surface area (Å²) in [4.78, 5) is 12.2. The molecule has 6 rings (SSSR count). The minimum Gasteiger partial charge on any atom is -0.493 e. The van der Waals surface area contributed by atoms with Crippen LogP contribution in [0.15, 0.2) is 59.4 Å². The summed E-state index contributed by atoms with van der Waals surface area (Å²) in [7, 11) is 3.29. The lowest BCUT2D eigenvalue weighted by molar-refractivity contribution is 0.259. The molecule has 242 valence electrons. The first-order chi connectivity index (χ1) is 22.2. The standard InChI is InChI=1S/C35H40Cl2N6O2S/c1-22-7-9-27(17-23(22)2)42-14-12-41(13-15-42)11-6-16-46-35-38-34(39-40-35)43-24(3)18-26-20-31(44-4)32(45-5)21-28(26)33(43)25-8-10-29(36)30(37)19-25/h7-10,17-21,33H,6,11-16H2,1-5H3,(H,38,39,40). The Morgan fingerprint density at radius 2 is 1.65 bits per heavy atom. The minimum atomic E-state index is -0.247. The van der Waals surface area contributed by atoms with E-state index in [0.717, 1.165) is 72.4 Å². The molecule has 2 aliphatic heterocycles. The number of piperazine rings is 1. The maximum atomic E-state index is 6.52. The Balaban J connectivity index is 1.12. The van der Waals surface area contributed by atoms with Crippen LogP contribution in [0.3, 0.4) is 0 Å². The molecule has 11 heteroatoms. The van der Waals surface area contributed by atoms with Crippen molar-refractivity contribution < 1.29 is 9.47 Å². The molecular formula is C35H40Cl2N6O2S. The smallest absolute Gasteiger partial charge is 0.227 e. The third-order valence-corrected chi connectivity index (χ3v) is 10.6. The zero-order valence-electron chi connectivity index (χ0n) is 26.9. The number of halogens is 2. The molecule has 0 aliphatic carbocycles. The first-order valence-corrected chi connectivity index (χ1v) is 17.3. The topological polar surface area (TPSA) is 69.8 Å². The van der Waals surface area contributed by atoms with Gasteiger partial charge in [-0.1, -0.05) is 47.1 Å². The number of anilines is 2. The summed E-state index contributed by atoms with van der Waals surface area (Å²) < 4.78 is 11.3. The van der Waals surface area contributed by atoms with E-state index >= 15 is 0 Å². The number of ether oxygens (including phenoxy) is 2. The highest BCUT2D eigenvalue weighted by Gasteiger charge is 2.33. The molecule has 0 saturated carbocycles. The molecule has 8 nitrogen and oxygen atoms in total. The first-order valence-electron chi connectivity index (χ1n) is 15.5. The molecule has 1 aromatic heterocycles. The van der Waals surface area contributed by atoms with Gasteiger partial charge in [0.05, 0.1) is 30.3 Å². The van der Waals surface area contributed by atoms with Crippen LogP contribution in [-0.4, -0.2) is 72.8 Å². The zero-order chi connectivity index (χ0) is 32.4. The second kappa shape index (κ2) is 14.2. The summed E-state index contributed by atoms with van der Waals surface area (Å²) in [6.45, 7) is 11.8. The number of methoxy groups -OCH3 is 2. The Morgan fingerprint density at radius 3 is 2.37 bits per heavy atom. The van der Waals surface area contributed by atoms with Crippen molar-refractivity contribution in [3.8, 4) is 11.5 Å². The van der Waals surface area contributed by atoms with Crippen molar-refractivity contribution in [3.63, 3.8) is 0 Å². The number of rotatable bonds is 10. The van der Waals surface area contributed by atoms with E-state index < -0.39 is 0 Å². The number of hydrogen-bond donors (Lipinski definition) is 1. The molecule has 1 fully saturated rings. The predicted molar refractivity (Wildman–Crippen MR) is 190 cm³/mol. The van der Waals surface area contributed by atoms with Gasteiger partial charge in [0, 0.05) is 43.3 Å². The van der Waals surface area contributed by atoms with E-state index in [1.54, 1.807) is 26.0 Å². The normalized spacial score (nSPS) is 16.8. The highest BCUT2D eigenvalue weighted by Crippen LogP contribution is 2.45. The zero-order valence-corrected chi connectivity index (χ0v) is 29.3. The van der Waals surface area contributed by atoms with E-state index in [1.807, 2.05) is 30.3 Å². The highest BCUT2D eigenvalue weighted by atomic mass is 35.5. The molecule has 1 atom stereocenters. The summed E-state index contributed by atoms with van der Waals surface area (Å²) in [6.07, 6.45) is 3.20. The van der Waals surface area contributed by atoms with Gasteiger partial charge in [0.25, 0.3) is 0 Å². The molecule has 1 N–H and O–H groups in total. The fourth-order valence-corrected chi connectivity index (χ4v) is 7.25. The number of aryl methyl sites for hydroxylation is 2. The minimum absolute atomic E-state index is 0.247. The van der Waals surface area contributed by atoms with Crippen molar-refractivity contribution in [2.24, 2.45) is 0 Å². The molecule has 0 bridgehead atoms. The second-order valence-electron chi connectivity index (χ2n) is 11.8. The highest BCUT2D eigenvalue weighted by molar-refractivity contribution is 7.99. The Labute approximate surface area is 285 Å². The van der Waals surface area contributed by atoms with Crippen LogP contribution in [0, 0.1) is 13.8 Å². The van der Waals surface area contributed by atoms with Gasteiger partial charge >= 0.3 is 0 Å². The number of thioether (sulfide) groups is 1. The Kier molecular flexibility index (Phi) is 10.0. The summed E-state index contributed by atoms with van der Waals surface area (Å²) in [5.74, 6) is 2.93. The molecule has 4 aromatic rings. The van der Waals surface area contributed by atoms with Crippen molar-refractivity contribution >= 4 is 52.7 Å². The van der Waals surface area contributed by atoms with E-state index in [2.05, 4.69) is 69.9 Å². The van der Waals surface area contributed by atoms with Gasteiger partial charge in [0.1, 0.15) is 0 Å². The number of allylic oxidation sites excluding steroid dienone is 1. The molecular weight excluding hydrogens is 639 g/mol. The number of fused-ring (bicyclic) bond motifs is 1. The third kappa shape index (κ3) is 6.83. The Bertz CT molecular complexity index is 1740. The van der Waals surface area contributed by atoms with Gasteiger partial charge in [-0.2, -0.15) is 4.98 Å². The number of aromatic nitrogens is 3. The van der Waals surface area contributed by atoms with Crippen LogP contribution in [0.2, 0.25) is 10.0 Å². The summed E-state index contributed by atoms with van der Waals surface area (Å²) in [6, 6.07) is 16.3. The van der Waals surface area contributed by atoms with Gasteiger partial charge < -0.3 is 19.3 Å². The number of nitrogens with zero attached hydrogens (tertiary/aromatic N) is 5. The lowest BCUT2D eigenvalue weighted by Gasteiger charge is -2.37. The van der Waals surface area contributed by atoms with Crippen molar-refractivity contribution in [1.82, 2.24) is 20.1 Å². The largest absolute Gasteiger partial charge is 0.493 e. The summed E-state index contributed by atoms with van der Waals surface area (Å²) in [5.41, 5.74) is 8.08. The van der Waals surface area contributed by atoms with E-state index in [-0.39, 0.29) is 6.04 Å². The van der Waals surface area contributed by atoms with Crippen LogP contribution in [0.5, 0.6) is 11.5 Å². The molecule has 2 aliphatic rings.